The topological polar surface area (TPSA) is 26.8 Å². The molecule has 2 aliphatic heterocycles. The van der Waals surface area contributed by atoms with E-state index in [1.54, 1.807) is 6.07 Å². The van der Waals surface area contributed by atoms with Crippen molar-refractivity contribution < 1.29 is 18.0 Å². The highest BCUT2D eigenvalue weighted by molar-refractivity contribution is 5.81. The molecule has 2 saturated heterocycles. The van der Waals surface area contributed by atoms with Crippen molar-refractivity contribution in [2.45, 2.75) is 37.9 Å². The van der Waals surface area contributed by atoms with E-state index in [0.717, 1.165) is 57.9 Å². The van der Waals surface area contributed by atoms with Gasteiger partial charge in [-0.1, -0.05) is 6.07 Å². The quantitative estimate of drug-likeness (QED) is 0.804. The average molecular weight is 381 g/mol. The van der Waals surface area contributed by atoms with Gasteiger partial charge in [0.1, 0.15) is 0 Å². The first kappa shape index (κ1) is 18.6. The van der Waals surface area contributed by atoms with Crippen LogP contribution in [0.1, 0.15) is 31.2 Å². The van der Waals surface area contributed by atoms with Crippen LogP contribution >= 0.6 is 0 Å². The Hall–Kier alpha value is -1.76. The van der Waals surface area contributed by atoms with Crippen LogP contribution < -0.4 is 4.90 Å². The van der Waals surface area contributed by atoms with E-state index >= 15 is 0 Å². The van der Waals surface area contributed by atoms with Crippen molar-refractivity contribution in [3.8, 4) is 0 Å². The second-order valence-electron chi connectivity index (χ2n) is 7.93. The van der Waals surface area contributed by atoms with E-state index in [4.69, 9.17) is 0 Å². The summed E-state index contributed by atoms with van der Waals surface area (Å²) in [5, 5.41) is 0. The van der Waals surface area contributed by atoms with Gasteiger partial charge >= 0.3 is 6.18 Å². The molecule has 3 fully saturated rings. The third-order valence-corrected chi connectivity index (χ3v) is 6.00. The molecule has 0 N–H and O–H groups in total. The predicted molar refractivity (Wildman–Crippen MR) is 97.6 cm³/mol. The minimum atomic E-state index is -4.31. The molecule has 0 spiro atoms. The van der Waals surface area contributed by atoms with Gasteiger partial charge < -0.3 is 9.80 Å². The summed E-state index contributed by atoms with van der Waals surface area (Å²) in [6, 6.07) is 5.97. The van der Waals surface area contributed by atoms with E-state index in [-0.39, 0.29) is 5.92 Å². The Morgan fingerprint density at radius 2 is 1.74 bits per heavy atom. The number of hydrogen-bond donors (Lipinski definition) is 0. The van der Waals surface area contributed by atoms with Crippen molar-refractivity contribution in [1.29, 1.82) is 0 Å². The van der Waals surface area contributed by atoms with Crippen molar-refractivity contribution in [2.75, 3.05) is 44.2 Å². The van der Waals surface area contributed by atoms with Crippen LogP contribution in [0.2, 0.25) is 0 Å². The Morgan fingerprint density at radius 1 is 1.00 bits per heavy atom. The summed E-state index contributed by atoms with van der Waals surface area (Å²) in [5.41, 5.74) is 0.0441. The van der Waals surface area contributed by atoms with Gasteiger partial charge in [-0.15, -0.1) is 0 Å². The summed E-state index contributed by atoms with van der Waals surface area (Å²) in [6.07, 6.45) is -0.0994. The largest absolute Gasteiger partial charge is 0.416 e. The summed E-state index contributed by atoms with van der Waals surface area (Å²) >= 11 is 0. The number of alkyl halides is 3. The molecule has 1 aromatic carbocycles. The Labute approximate surface area is 157 Å². The minimum Gasteiger partial charge on any atom is -0.369 e. The minimum absolute atomic E-state index is 0.265. The maximum Gasteiger partial charge on any atom is 0.416 e. The third kappa shape index (κ3) is 4.23. The number of piperazine rings is 1. The number of piperidine rings is 1. The highest BCUT2D eigenvalue weighted by Crippen LogP contribution is 2.33. The van der Waals surface area contributed by atoms with Crippen LogP contribution in [0.15, 0.2) is 24.3 Å². The van der Waals surface area contributed by atoms with Crippen molar-refractivity contribution in [1.82, 2.24) is 9.80 Å². The van der Waals surface area contributed by atoms with Crippen molar-refractivity contribution in [3.63, 3.8) is 0 Å². The van der Waals surface area contributed by atoms with Gasteiger partial charge in [0.15, 0.2) is 0 Å². The number of hydrogen-bond acceptors (Lipinski definition) is 3. The highest BCUT2D eigenvalue weighted by Gasteiger charge is 2.37. The Kier molecular flexibility index (Phi) is 5.05. The van der Waals surface area contributed by atoms with E-state index < -0.39 is 11.7 Å². The number of likely N-dealkylation sites (tertiary alicyclic amines) is 1. The molecule has 4 nitrogen and oxygen atoms in total. The van der Waals surface area contributed by atoms with Crippen LogP contribution in [0.25, 0.3) is 0 Å². The lowest BCUT2D eigenvalue weighted by Gasteiger charge is -2.44. The molecule has 0 bridgehead atoms. The molecular formula is C20H26F3N3O. The van der Waals surface area contributed by atoms with Crippen molar-refractivity contribution in [3.05, 3.63) is 29.8 Å². The summed E-state index contributed by atoms with van der Waals surface area (Å²) in [7, 11) is 0. The molecule has 1 aliphatic carbocycles. The molecule has 0 radical (unpaired) electrons. The van der Waals surface area contributed by atoms with E-state index in [9.17, 15) is 18.0 Å². The number of nitrogens with zero attached hydrogens (tertiary/aromatic N) is 3. The first-order valence-electron chi connectivity index (χ1n) is 9.87. The normalized spacial score (nSPS) is 24.9. The van der Waals surface area contributed by atoms with Gasteiger partial charge in [0.2, 0.25) is 5.91 Å². The first-order valence-corrected chi connectivity index (χ1v) is 9.87. The van der Waals surface area contributed by atoms with Crippen molar-refractivity contribution >= 4 is 11.6 Å². The van der Waals surface area contributed by atoms with Gasteiger partial charge in [-0.25, -0.2) is 0 Å². The molecule has 1 saturated carbocycles. The number of carbonyl (C=O) groups excluding carboxylic acids is 1. The molecule has 27 heavy (non-hydrogen) atoms. The second-order valence-corrected chi connectivity index (χ2v) is 7.93. The lowest BCUT2D eigenvalue weighted by molar-refractivity contribution is -0.137. The van der Waals surface area contributed by atoms with Gasteiger partial charge in [0.25, 0.3) is 0 Å². The van der Waals surface area contributed by atoms with Crippen LogP contribution in [0.3, 0.4) is 0 Å². The van der Waals surface area contributed by atoms with E-state index in [1.807, 2.05) is 9.80 Å². The monoisotopic (exact) mass is 381 g/mol. The fraction of sp³-hybridized carbons (Fsp3) is 0.650. The number of amides is 1. The molecule has 148 valence electrons. The van der Waals surface area contributed by atoms with E-state index in [1.165, 1.54) is 12.1 Å². The number of carbonyl (C=O) groups is 1. The number of halogens is 3. The second kappa shape index (κ2) is 7.34. The van der Waals surface area contributed by atoms with Crippen LogP contribution in [-0.4, -0.2) is 61.0 Å². The molecule has 2 heterocycles. The zero-order valence-corrected chi connectivity index (χ0v) is 15.4. The molecule has 7 heteroatoms. The number of benzene rings is 1. The van der Waals surface area contributed by atoms with Gasteiger partial charge in [0.05, 0.1) is 5.56 Å². The summed E-state index contributed by atoms with van der Waals surface area (Å²) < 4.78 is 38.8. The van der Waals surface area contributed by atoms with E-state index in [2.05, 4.69) is 4.90 Å². The third-order valence-electron chi connectivity index (χ3n) is 6.00. The molecule has 1 amide bonds. The zero-order valence-electron chi connectivity index (χ0n) is 15.4. The molecule has 3 aliphatic rings. The van der Waals surface area contributed by atoms with Crippen LogP contribution in [0.4, 0.5) is 18.9 Å². The SMILES string of the molecule is O=C(C1CC1)N1CCC[C@@H](N2CCN(c3cccc(C(F)(F)F)c3)CC2)C1. The van der Waals surface area contributed by atoms with Gasteiger partial charge in [0, 0.05) is 56.9 Å². The molecule has 1 aromatic rings. The highest BCUT2D eigenvalue weighted by atomic mass is 19.4. The molecular weight excluding hydrogens is 355 g/mol. The Morgan fingerprint density at radius 3 is 2.41 bits per heavy atom. The molecule has 4 rings (SSSR count). The van der Waals surface area contributed by atoms with Crippen LogP contribution in [0, 0.1) is 5.92 Å². The Bertz CT molecular complexity index is 681. The number of anilines is 1. The lowest BCUT2D eigenvalue weighted by atomic mass is 10.0. The summed E-state index contributed by atoms with van der Waals surface area (Å²) in [4.78, 5) is 18.8. The molecule has 0 unspecified atom stereocenters. The van der Waals surface area contributed by atoms with Gasteiger partial charge in [-0.05, 0) is 43.9 Å². The Balaban J connectivity index is 1.34. The average Bonchev–Trinajstić information content (AvgIpc) is 3.52. The smallest absolute Gasteiger partial charge is 0.369 e. The van der Waals surface area contributed by atoms with Crippen LogP contribution in [-0.2, 0) is 11.0 Å². The van der Waals surface area contributed by atoms with Gasteiger partial charge in [-0.2, -0.15) is 13.2 Å². The fourth-order valence-electron chi connectivity index (χ4n) is 4.27. The maximum atomic E-state index is 12.9. The maximum absolute atomic E-state index is 12.9. The lowest BCUT2D eigenvalue weighted by Crippen LogP contribution is -2.56. The number of rotatable bonds is 3. The fourth-order valence-corrected chi connectivity index (χ4v) is 4.27. The standard InChI is InChI=1S/C20H26F3N3O/c21-20(22,23)16-3-1-4-17(13-16)24-9-11-25(12-10-24)18-5-2-8-26(14-18)19(27)15-6-7-15/h1,3-4,13,15,18H,2,5-12,14H2/t18-/m1/s1. The van der Waals surface area contributed by atoms with Crippen molar-refractivity contribution in [2.24, 2.45) is 5.92 Å². The summed E-state index contributed by atoms with van der Waals surface area (Å²) in [6.45, 7) is 4.76. The van der Waals surface area contributed by atoms with Gasteiger partial charge in [-0.3, -0.25) is 9.69 Å². The zero-order chi connectivity index (χ0) is 19.0. The molecule has 0 aromatic heterocycles. The van der Waals surface area contributed by atoms with E-state index in [0.29, 0.717) is 30.7 Å². The first-order chi connectivity index (χ1) is 12.9. The summed E-state index contributed by atoms with van der Waals surface area (Å²) in [5.74, 6) is 0.587. The van der Waals surface area contributed by atoms with Crippen LogP contribution in [0.5, 0.6) is 0 Å². The predicted octanol–water partition coefficient (Wildman–Crippen LogP) is 3.23. The molecule has 1 atom stereocenters.